The Morgan fingerprint density at radius 2 is 1.11 bits per heavy atom. The van der Waals surface area contributed by atoms with Gasteiger partial charge in [0.15, 0.2) is 18.9 Å². The minimum atomic E-state index is -1.87. The van der Waals surface area contributed by atoms with Gasteiger partial charge >= 0.3 is 5.97 Å². The quantitative estimate of drug-likeness (QED) is 0.0670. The lowest BCUT2D eigenvalue weighted by Crippen LogP contribution is -2.67. The van der Waals surface area contributed by atoms with Gasteiger partial charge in [0.2, 0.25) is 6.29 Å². The first kappa shape index (κ1) is 59.0. The average Bonchev–Trinajstić information content (AvgIpc) is 3.39. The highest BCUT2D eigenvalue weighted by Gasteiger charge is 2.70. The molecule has 4 saturated carbocycles. The normalized spacial score (nSPS) is 54.0. The van der Waals surface area contributed by atoms with Crippen LogP contribution in [0.2, 0.25) is 0 Å². The van der Waals surface area contributed by atoms with Crippen molar-refractivity contribution < 1.29 is 109 Å². The second-order valence-corrected chi connectivity index (χ2v) is 26.3. The molecule has 9 rings (SSSR count). The number of hydrogen-bond acceptors (Lipinski definition) is 22. The molecule has 0 amide bonds. The van der Waals surface area contributed by atoms with Crippen LogP contribution in [0, 0.1) is 50.2 Å². The minimum Gasteiger partial charge on any atom is -0.432 e. The van der Waals surface area contributed by atoms with Crippen LogP contribution in [0.1, 0.15) is 120 Å². The van der Waals surface area contributed by atoms with Gasteiger partial charge in [0.25, 0.3) is 0 Å². The molecule has 8 fully saturated rings. The van der Waals surface area contributed by atoms with Crippen LogP contribution in [0.3, 0.4) is 0 Å². The zero-order chi connectivity index (χ0) is 55.6. The van der Waals surface area contributed by atoms with Crippen molar-refractivity contribution in [1.82, 2.24) is 0 Å². The van der Waals surface area contributed by atoms with E-state index in [-0.39, 0.29) is 39.4 Å². The van der Waals surface area contributed by atoms with Crippen LogP contribution < -0.4 is 0 Å². The fraction of sp³-hybridized carbons (Fsp3) is 0.944. The van der Waals surface area contributed by atoms with Crippen molar-refractivity contribution in [2.75, 3.05) is 19.8 Å². The van der Waals surface area contributed by atoms with Crippen molar-refractivity contribution in [2.45, 2.75) is 249 Å². The number of ether oxygens (including phenoxy) is 8. The third-order valence-corrected chi connectivity index (χ3v) is 21.4. The van der Waals surface area contributed by atoms with Gasteiger partial charge in [-0.2, -0.15) is 0 Å². The number of aliphatic hydroxyl groups is 13. The van der Waals surface area contributed by atoms with E-state index in [1.807, 2.05) is 0 Å². The first-order chi connectivity index (χ1) is 35.5. The van der Waals surface area contributed by atoms with Crippen LogP contribution in [-0.2, 0) is 42.7 Å². The van der Waals surface area contributed by atoms with Crippen LogP contribution in [0.25, 0.3) is 0 Å². The van der Waals surface area contributed by atoms with Crippen molar-refractivity contribution in [3.8, 4) is 0 Å². The fourth-order valence-corrected chi connectivity index (χ4v) is 16.5. The Morgan fingerprint density at radius 3 is 1.76 bits per heavy atom. The number of carbonyl (C=O) groups excluding carboxylic acids is 1. The van der Waals surface area contributed by atoms with Crippen LogP contribution in [0.4, 0.5) is 0 Å². The summed E-state index contributed by atoms with van der Waals surface area (Å²) in [6, 6.07) is 0. The van der Waals surface area contributed by atoms with Crippen LogP contribution in [0.5, 0.6) is 0 Å². The summed E-state index contributed by atoms with van der Waals surface area (Å²) in [5, 5.41) is 140. The maximum absolute atomic E-state index is 14.8. The van der Waals surface area contributed by atoms with Gasteiger partial charge in [0, 0.05) is 0 Å². The number of allylic oxidation sites excluding steroid dienone is 2. The summed E-state index contributed by atoms with van der Waals surface area (Å²) in [5.74, 6) is -0.343. The van der Waals surface area contributed by atoms with E-state index < -0.39 is 166 Å². The van der Waals surface area contributed by atoms with Crippen LogP contribution in [0.15, 0.2) is 11.6 Å². The van der Waals surface area contributed by atoms with E-state index in [0.717, 1.165) is 38.5 Å². The Morgan fingerprint density at radius 1 is 0.553 bits per heavy atom. The number of rotatable bonds is 11. The van der Waals surface area contributed by atoms with Crippen molar-refractivity contribution in [3.05, 3.63) is 11.6 Å². The van der Waals surface area contributed by atoms with E-state index in [1.165, 1.54) is 12.5 Å². The zero-order valence-electron chi connectivity index (χ0n) is 45.1. The topological polar surface area (TPSA) is 354 Å². The highest BCUT2D eigenvalue weighted by molar-refractivity contribution is 5.79. The molecule has 0 spiro atoms. The molecule has 28 atom stereocenters. The second kappa shape index (κ2) is 21.3. The first-order valence-electron chi connectivity index (χ1n) is 27.7. The minimum absolute atomic E-state index is 0.0856. The molecule has 0 aromatic heterocycles. The van der Waals surface area contributed by atoms with Gasteiger partial charge in [0.05, 0.1) is 37.4 Å². The Kier molecular flexibility index (Phi) is 16.6. The predicted molar refractivity (Wildman–Crippen MR) is 261 cm³/mol. The predicted octanol–water partition coefficient (Wildman–Crippen LogP) is -1.01. The summed E-state index contributed by atoms with van der Waals surface area (Å²) in [7, 11) is 0. The van der Waals surface area contributed by atoms with Gasteiger partial charge in [-0.1, -0.05) is 60.1 Å². The SMILES string of the molecule is C[C@@H]1O[C@@H](O[C@H]2[C@H](O[C@@H]3[C@@H](O)[C@H](O[C@H]4CC[C@]5(C)[C@H]6CC=C7[C@@H]8CC(C)(C)CC[C@]8(C(=O)O[C@@H]8O[C@H](CO)[C@@H](O)[C@H](O)[C@H]8O)CC[C@@]7(C)[C@]6(C)CC[C@H]5C4(C)C)O[C@H](CO)[C@H]3O)O[C@H](CO)[C@@H](O)[C@@H]2O)[C@H](O)[C@H](O)[C@H]1O. The maximum Gasteiger partial charge on any atom is 0.315 e. The van der Waals surface area contributed by atoms with Crippen molar-refractivity contribution in [2.24, 2.45) is 50.2 Å². The molecule has 0 aromatic carbocycles. The van der Waals surface area contributed by atoms with E-state index in [2.05, 4.69) is 54.5 Å². The lowest BCUT2D eigenvalue weighted by atomic mass is 9.33. The summed E-state index contributed by atoms with van der Waals surface area (Å²) < 4.78 is 48.1. The molecule has 76 heavy (non-hydrogen) atoms. The molecule has 5 aliphatic carbocycles. The summed E-state index contributed by atoms with van der Waals surface area (Å²) in [6.45, 7) is 15.2. The van der Waals surface area contributed by atoms with E-state index in [9.17, 15) is 71.2 Å². The zero-order valence-corrected chi connectivity index (χ0v) is 45.1. The molecule has 0 bridgehead atoms. The number of aliphatic hydroxyl groups excluding tert-OH is 13. The summed E-state index contributed by atoms with van der Waals surface area (Å²) >= 11 is 0. The summed E-state index contributed by atoms with van der Waals surface area (Å²) in [6.07, 6.45) is -23.0. The second-order valence-electron chi connectivity index (χ2n) is 26.3. The van der Waals surface area contributed by atoms with Crippen molar-refractivity contribution in [1.29, 1.82) is 0 Å². The molecule has 4 aliphatic heterocycles. The third kappa shape index (κ3) is 9.47. The molecule has 22 nitrogen and oxygen atoms in total. The van der Waals surface area contributed by atoms with Crippen LogP contribution in [-0.4, -0.2) is 221 Å². The third-order valence-electron chi connectivity index (χ3n) is 21.4. The molecule has 0 radical (unpaired) electrons. The van der Waals surface area contributed by atoms with Crippen molar-refractivity contribution in [3.63, 3.8) is 0 Å². The standard InChI is InChI=1S/C54H88O22/c1-23-32(58)36(62)39(65)44(69-23)75-43-38(64)34(60)27(21-56)72-47(43)74-42-35(61)28(22-57)71-46(41(42)67)73-31-12-13-51(6)29(50(31,4)5)11-14-53(8)30(51)10-9-24-25-19-49(2,3)15-17-54(25,18-16-52(24,53)7)48(68)76-45-40(66)37(63)33(59)26(20-55)70-45/h9,23,25-47,55-67H,10-22H2,1-8H3/t23-,25-,26+,27+,28+,29-,30+,31-,32-,33+,34+,35+,36+,37-,38-,39+,40+,41+,42-,43+,44-,45-,46-,47-,51-,52+,53+,54-/m0/s1. The first-order valence-corrected chi connectivity index (χ1v) is 27.7. The largest absolute Gasteiger partial charge is 0.432 e. The molecule has 9 aliphatic rings. The Hall–Kier alpha value is -1.59. The molecule has 13 N–H and O–H groups in total. The van der Waals surface area contributed by atoms with Gasteiger partial charge in [0.1, 0.15) is 91.6 Å². The number of fused-ring (bicyclic) bond motifs is 7. The van der Waals surface area contributed by atoms with Gasteiger partial charge in [-0.15, -0.1) is 0 Å². The number of hydrogen-bond donors (Lipinski definition) is 13. The molecule has 22 heteroatoms. The monoisotopic (exact) mass is 1090 g/mol. The number of esters is 1. The lowest BCUT2D eigenvalue weighted by Gasteiger charge is -2.71. The van der Waals surface area contributed by atoms with Gasteiger partial charge in [-0.05, 0) is 116 Å². The maximum atomic E-state index is 14.8. The Bertz CT molecular complexity index is 2090. The summed E-state index contributed by atoms with van der Waals surface area (Å²) in [4.78, 5) is 14.8. The Balaban J connectivity index is 0.934. The van der Waals surface area contributed by atoms with E-state index in [0.29, 0.717) is 25.7 Å². The van der Waals surface area contributed by atoms with Gasteiger partial charge in [-0.25, -0.2) is 0 Å². The molecule has 0 aromatic rings. The van der Waals surface area contributed by atoms with Crippen LogP contribution >= 0.6 is 0 Å². The molecule has 4 saturated heterocycles. The smallest absolute Gasteiger partial charge is 0.315 e. The van der Waals surface area contributed by atoms with Gasteiger partial charge in [-0.3, -0.25) is 4.79 Å². The van der Waals surface area contributed by atoms with E-state index in [4.69, 9.17) is 37.9 Å². The Labute approximate surface area is 444 Å². The molecular formula is C54H88O22. The molecular weight excluding hydrogens is 1000 g/mol. The molecule has 4 heterocycles. The van der Waals surface area contributed by atoms with Gasteiger partial charge < -0.3 is 104 Å². The summed E-state index contributed by atoms with van der Waals surface area (Å²) in [5.41, 5.74) is -0.965. The lowest BCUT2D eigenvalue weighted by molar-refractivity contribution is -0.391. The number of carbonyl (C=O) groups is 1. The average molecular weight is 1090 g/mol. The van der Waals surface area contributed by atoms with Crippen molar-refractivity contribution >= 4 is 5.97 Å². The molecule has 436 valence electrons. The fourth-order valence-electron chi connectivity index (χ4n) is 16.5. The highest BCUT2D eigenvalue weighted by Crippen LogP contribution is 2.76. The van der Waals surface area contributed by atoms with E-state index in [1.54, 1.807) is 0 Å². The molecule has 0 unspecified atom stereocenters. The highest BCUT2D eigenvalue weighted by atomic mass is 16.8. The van der Waals surface area contributed by atoms with E-state index >= 15 is 0 Å².